The van der Waals surface area contributed by atoms with Crippen LogP contribution >= 0.6 is 0 Å². The molecule has 2 aliphatic rings. The van der Waals surface area contributed by atoms with Crippen LogP contribution < -0.4 is 15.4 Å². The minimum absolute atomic E-state index is 0.118. The third-order valence-electron chi connectivity index (χ3n) is 7.23. The summed E-state index contributed by atoms with van der Waals surface area (Å²) in [6.45, 7) is 6.70. The Morgan fingerprint density at radius 2 is 1.88 bits per heavy atom. The Morgan fingerprint density at radius 3 is 2.45 bits per heavy atom. The van der Waals surface area contributed by atoms with Gasteiger partial charge in [-0.3, -0.25) is 14.5 Å². The van der Waals surface area contributed by atoms with Gasteiger partial charge < -0.3 is 20.3 Å². The Bertz CT molecular complexity index is 885. The second kappa shape index (κ2) is 9.71. The first-order valence-corrected chi connectivity index (χ1v) is 11.7. The molecule has 1 saturated carbocycles. The van der Waals surface area contributed by atoms with E-state index in [0.29, 0.717) is 25.3 Å². The van der Waals surface area contributed by atoms with E-state index in [1.807, 2.05) is 43.3 Å². The molecule has 2 N–H and O–H groups in total. The molecule has 1 spiro atoms. The van der Waals surface area contributed by atoms with Crippen molar-refractivity contribution in [2.75, 3.05) is 34.3 Å². The average Bonchev–Trinajstić information content (AvgIpc) is 2.97. The van der Waals surface area contributed by atoms with Gasteiger partial charge in [0, 0.05) is 12.1 Å². The van der Waals surface area contributed by atoms with Crippen molar-refractivity contribution in [3.63, 3.8) is 0 Å². The third-order valence-corrected chi connectivity index (χ3v) is 7.23. The summed E-state index contributed by atoms with van der Waals surface area (Å²) in [5.74, 6) is 0.625. The van der Waals surface area contributed by atoms with Crippen molar-refractivity contribution in [2.45, 2.75) is 58.0 Å². The summed E-state index contributed by atoms with van der Waals surface area (Å²) in [5.41, 5.74) is 0.273. The number of hydrogen-bond donors (Lipinski definition) is 2. The van der Waals surface area contributed by atoms with E-state index in [4.69, 9.17) is 4.74 Å². The van der Waals surface area contributed by atoms with Gasteiger partial charge >= 0.3 is 6.03 Å². The maximum atomic E-state index is 13.2. The highest BCUT2D eigenvalue weighted by Gasteiger charge is 2.53. The van der Waals surface area contributed by atoms with Crippen LogP contribution in [0.3, 0.4) is 0 Å². The second-order valence-corrected chi connectivity index (χ2v) is 10.6. The second-order valence-electron chi connectivity index (χ2n) is 10.6. The highest BCUT2D eigenvalue weighted by Crippen LogP contribution is 2.43. The van der Waals surface area contributed by atoms with E-state index in [0.717, 1.165) is 29.1 Å². The molecule has 0 radical (unpaired) electrons. The largest absolute Gasteiger partial charge is 0.496 e. The highest BCUT2D eigenvalue weighted by molar-refractivity contribution is 6.09. The maximum Gasteiger partial charge on any atom is 0.325 e. The molecular weight excluding hydrogens is 420 g/mol. The lowest BCUT2D eigenvalue weighted by Crippen LogP contribution is -2.51. The molecule has 1 aromatic rings. The number of imide groups is 1. The number of likely N-dealkylation sites (N-methyl/N-ethyl adjacent to an activating group) is 1. The van der Waals surface area contributed by atoms with E-state index in [1.54, 1.807) is 7.11 Å². The van der Waals surface area contributed by atoms with E-state index < -0.39 is 11.6 Å². The predicted molar refractivity (Wildman–Crippen MR) is 127 cm³/mol. The zero-order chi connectivity index (χ0) is 24.4. The average molecular weight is 459 g/mol. The van der Waals surface area contributed by atoms with Crippen LogP contribution in [0.15, 0.2) is 24.3 Å². The molecule has 3 rings (SSSR count). The van der Waals surface area contributed by atoms with Crippen molar-refractivity contribution in [3.05, 3.63) is 29.8 Å². The summed E-state index contributed by atoms with van der Waals surface area (Å²) >= 11 is 0. The van der Waals surface area contributed by atoms with E-state index in [1.165, 1.54) is 0 Å². The van der Waals surface area contributed by atoms with Crippen LogP contribution in [-0.4, -0.2) is 67.5 Å². The van der Waals surface area contributed by atoms with Gasteiger partial charge in [0.25, 0.3) is 5.91 Å². The normalized spacial score (nSPS) is 24.2. The van der Waals surface area contributed by atoms with Crippen molar-refractivity contribution in [1.82, 2.24) is 20.4 Å². The number of hydrogen-bond acceptors (Lipinski definition) is 5. The Labute approximate surface area is 197 Å². The van der Waals surface area contributed by atoms with Crippen molar-refractivity contribution in [3.8, 4) is 5.75 Å². The number of rotatable bonds is 7. The number of nitrogens with zero attached hydrogens (tertiary/aromatic N) is 2. The summed E-state index contributed by atoms with van der Waals surface area (Å²) in [6.07, 6.45) is 3.01. The molecule has 4 amide bonds. The number of methoxy groups -OCH3 is 1. The summed E-state index contributed by atoms with van der Waals surface area (Å²) in [4.78, 5) is 41.6. The summed E-state index contributed by atoms with van der Waals surface area (Å²) in [5, 5.41) is 5.79. The van der Waals surface area contributed by atoms with E-state index >= 15 is 0 Å². The van der Waals surface area contributed by atoms with Crippen LogP contribution in [0.5, 0.6) is 5.75 Å². The SMILES string of the molecule is COc1ccccc1C(CNC(=O)CN1C(=O)NC2(CCC(C(C)(C)C)CC2)C1=O)N(C)C. The molecule has 1 unspecified atom stereocenters. The monoisotopic (exact) mass is 458 g/mol. The number of urea groups is 1. The minimum atomic E-state index is -0.858. The molecule has 182 valence electrons. The summed E-state index contributed by atoms with van der Waals surface area (Å²) in [7, 11) is 5.48. The van der Waals surface area contributed by atoms with E-state index in [-0.39, 0.29) is 29.8 Å². The number of para-hydroxylation sites is 1. The van der Waals surface area contributed by atoms with Crippen LogP contribution in [-0.2, 0) is 9.59 Å². The fraction of sp³-hybridized carbons (Fsp3) is 0.640. The lowest BCUT2D eigenvalue weighted by Gasteiger charge is -2.40. The lowest BCUT2D eigenvalue weighted by molar-refractivity contribution is -0.136. The molecule has 1 saturated heterocycles. The molecule has 0 bridgehead atoms. The number of carbonyl (C=O) groups excluding carboxylic acids is 3. The van der Waals surface area contributed by atoms with Gasteiger partial charge in [-0.1, -0.05) is 39.0 Å². The summed E-state index contributed by atoms with van der Waals surface area (Å²) in [6, 6.07) is 7.08. The first-order valence-electron chi connectivity index (χ1n) is 11.7. The molecule has 8 heteroatoms. The Balaban J connectivity index is 1.61. The molecule has 0 aromatic heterocycles. The van der Waals surface area contributed by atoms with E-state index in [2.05, 4.69) is 31.4 Å². The van der Waals surface area contributed by atoms with Gasteiger partial charge in [-0.25, -0.2) is 4.79 Å². The van der Waals surface area contributed by atoms with Crippen LogP contribution in [0.2, 0.25) is 0 Å². The molecule has 1 atom stereocenters. The van der Waals surface area contributed by atoms with Gasteiger partial charge in [-0.05, 0) is 57.2 Å². The quantitative estimate of drug-likeness (QED) is 0.613. The Hall–Kier alpha value is -2.61. The first-order chi connectivity index (χ1) is 15.5. The number of amides is 4. The highest BCUT2D eigenvalue weighted by atomic mass is 16.5. The fourth-order valence-electron chi connectivity index (χ4n) is 5.06. The van der Waals surface area contributed by atoms with Gasteiger partial charge in [0.2, 0.25) is 5.91 Å². The smallest absolute Gasteiger partial charge is 0.325 e. The van der Waals surface area contributed by atoms with Crippen molar-refractivity contribution in [1.29, 1.82) is 0 Å². The van der Waals surface area contributed by atoms with Gasteiger partial charge in [-0.2, -0.15) is 0 Å². The number of carbonyl (C=O) groups is 3. The first kappa shape index (κ1) is 25.0. The van der Waals surface area contributed by atoms with Gasteiger partial charge in [0.05, 0.1) is 13.2 Å². The molecular formula is C25H38N4O4. The fourth-order valence-corrected chi connectivity index (χ4v) is 5.06. The number of benzene rings is 1. The zero-order valence-electron chi connectivity index (χ0n) is 20.7. The van der Waals surface area contributed by atoms with Crippen LogP contribution in [0.1, 0.15) is 58.1 Å². The van der Waals surface area contributed by atoms with Crippen LogP contribution in [0.4, 0.5) is 4.79 Å². The van der Waals surface area contributed by atoms with E-state index in [9.17, 15) is 14.4 Å². The maximum absolute atomic E-state index is 13.2. The van der Waals surface area contributed by atoms with Crippen molar-refractivity contribution < 1.29 is 19.1 Å². The predicted octanol–water partition coefficient (Wildman–Crippen LogP) is 2.94. The van der Waals surface area contributed by atoms with Crippen LogP contribution in [0, 0.1) is 11.3 Å². The standard InChI is InChI=1S/C25H38N4O4/c1-24(2,3)17-11-13-25(14-12-17)22(31)29(23(32)27-25)16-21(30)26-15-19(28(4)5)18-9-7-8-10-20(18)33-6/h7-10,17,19H,11-16H2,1-6H3,(H,26,30)(H,27,32). The molecule has 1 heterocycles. The molecule has 8 nitrogen and oxygen atoms in total. The van der Waals surface area contributed by atoms with Gasteiger partial charge in [0.15, 0.2) is 0 Å². The zero-order valence-corrected chi connectivity index (χ0v) is 20.7. The summed E-state index contributed by atoms with van der Waals surface area (Å²) < 4.78 is 5.47. The molecule has 33 heavy (non-hydrogen) atoms. The number of ether oxygens (including phenoxy) is 1. The molecule has 1 aromatic carbocycles. The molecule has 2 fully saturated rings. The third kappa shape index (κ3) is 5.32. The van der Waals surface area contributed by atoms with Gasteiger partial charge in [0.1, 0.15) is 17.8 Å². The topological polar surface area (TPSA) is 91.0 Å². The Kier molecular flexibility index (Phi) is 7.36. The minimum Gasteiger partial charge on any atom is -0.496 e. The Morgan fingerprint density at radius 1 is 1.24 bits per heavy atom. The molecule has 1 aliphatic carbocycles. The van der Waals surface area contributed by atoms with Crippen LogP contribution in [0.25, 0.3) is 0 Å². The van der Waals surface area contributed by atoms with Crippen molar-refractivity contribution in [2.24, 2.45) is 11.3 Å². The molecule has 1 aliphatic heterocycles. The number of nitrogens with one attached hydrogen (secondary N) is 2. The van der Waals surface area contributed by atoms with Crippen molar-refractivity contribution >= 4 is 17.8 Å². The van der Waals surface area contributed by atoms with Gasteiger partial charge in [-0.15, -0.1) is 0 Å². The lowest BCUT2D eigenvalue weighted by atomic mass is 9.67.